The van der Waals surface area contributed by atoms with Crippen molar-refractivity contribution in [2.24, 2.45) is 5.92 Å². The highest BCUT2D eigenvalue weighted by atomic mass is 16.5. The molecule has 0 heterocycles. The molecule has 0 aromatic heterocycles. The third kappa shape index (κ3) is 5.72. The Morgan fingerprint density at radius 2 is 1.67 bits per heavy atom. The number of aliphatic carboxylic acids is 1. The molecule has 6 heteroatoms. The zero-order chi connectivity index (χ0) is 16.0. The average molecular weight is 294 g/mol. The minimum Gasteiger partial charge on any atom is -0.491 e. The van der Waals surface area contributed by atoms with Crippen LogP contribution in [0.1, 0.15) is 27.7 Å². The average Bonchev–Trinajstić information content (AvgIpc) is 2.37. The largest absolute Gasteiger partial charge is 0.491 e. The second kappa shape index (κ2) is 7.52. The van der Waals surface area contributed by atoms with Crippen molar-refractivity contribution in [2.45, 2.75) is 39.8 Å². The first-order chi connectivity index (χ1) is 9.79. The van der Waals surface area contributed by atoms with Gasteiger partial charge in [-0.05, 0) is 44.0 Å². The van der Waals surface area contributed by atoms with Gasteiger partial charge in [-0.15, -0.1) is 0 Å². The lowest BCUT2D eigenvalue weighted by molar-refractivity contribution is -0.140. The highest BCUT2D eigenvalue weighted by molar-refractivity contribution is 5.92. The van der Waals surface area contributed by atoms with E-state index >= 15 is 0 Å². The Hall–Kier alpha value is -2.24. The number of carboxylic acid groups (broad SMARTS) is 1. The summed E-state index contributed by atoms with van der Waals surface area (Å²) in [6.45, 7) is 7.32. The van der Waals surface area contributed by atoms with Crippen molar-refractivity contribution < 1.29 is 19.4 Å². The summed E-state index contributed by atoms with van der Waals surface area (Å²) < 4.78 is 5.50. The van der Waals surface area contributed by atoms with Gasteiger partial charge < -0.3 is 20.5 Å². The molecule has 21 heavy (non-hydrogen) atoms. The molecule has 116 valence electrons. The molecule has 2 amide bonds. The van der Waals surface area contributed by atoms with E-state index in [1.54, 1.807) is 38.1 Å². The summed E-state index contributed by atoms with van der Waals surface area (Å²) >= 11 is 0. The lowest BCUT2D eigenvalue weighted by Crippen LogP contribution is -2.46. The molecule has 1 atom stereocenters. The second-order valence-electron chi connectivity index (χ2n) is 5.35. The van der Waals surface area contributed by atoms with Gasteiger partial charge in [0, 0.05) is 5.69 Å². The number of urea groups is 1. The smallest absolute Gasteiger partial charge is 0.326 e. The number of carbonyl (C=O) groups excluding carboxylic acids is 1. The molecule has 0 fully saturated rings. The van der Waals surface area contributed by atoms with Gasteiger partial charge in [0.15, 0.2) is 0 Å². The molecule has 1 aromatic rings. The standard InChI is InChI=1S/C15H22N2O4/c1-9(2)13(14(18)19)17-15(20)16-11-5-7-12(8-6-11)21-10(3)4/h5-10,13H,1-4H3,(H,18,19)(H2,16,17,20). The van der Waals surface area contributed by atoms with Crippen LogP contribution in [0, 0.1) is 5.92 Å². The Balaban J connectivity index is 2.60. The molecule has 0 bridgehead atoms. The van der Waals surface area contributed by atoms with Gasteiger partial charge in [0.1, 0.15) is 11.8 Å². The second-order valence-corrected chi connectivity index (χ2v) is 5.35. The minimum absolute atomic E-state index is 0.0782. The number of rotatable bonds is 6. The van der Waals surface area contributed by atoms with Crippen LogP contribution in [0.3, 0.4) is 0 Å². The maximum absolute atomic E-state index is 11.8. The zero-order valence-corrected chi connectivity index (χ0v) is 12.7. The van der Waals surface area contributed by atoms with Gasteiger partial charge in [0.2, 0.25) is 0 Å². The van der Waals surface area contributed by atoms with Crippen LogP contribution in [0.15, 0.2) is 24.3 Å². The van der Waals surface area contributed by atoms with E-state index in [2.05, 4.69) is 10.6 Å². The number of carbonyl (C=O) groups is 2. The lowest BCUT2D eigenvalue weighted by atomic mass is 10.1. The number of benzene rings is 1. The molecule has 0 radical (unpaired) electrons. The van der Waals surface area contributed by atoms with Crippen LogP contribution in [-0.4, -0.2) is 29.3 Å². The monoisotopic (exact) mass is 294 g/mol. The first kappa shape index (κ1) is 16.8. The Bertz CT molecular complexity index is 483. The molecule has 1 aromatic carbocycles. The molecule has 0 aliphatic heterocycles. The Morgan fingerprint density at radius 1 is 1.10 bits per heavy atom. The summed E-state index contributed by atoms with van der Waals surface area (Å²) in [5.74, 6) is -0.544. The summed E-state index contributed by atoms with van der Waals surface area (Å²) in [6.07, 6.45) is 0.0782. The third-order valence-electron chi connectivity index (χ3n) is 2.70. The van der Waals surface area contributed by atoms with Gasteiger partial charge in [0.25, 0.3) is 0 Å². The van der Waals surface area contributed by atoms with E-state index in [1.165, 1.54) is 0 Å². The first-order valence-corrected chi connectivity index (χ1v) is 6.86. The quantitative estimate of drug-likeness (QED) is 0.752. The molecule has 1 rings (SSSR count). The Kier molecular flexibility index (Phi) is 6.02. The first-order valence-electron chi connectivity index (χ1n) is 6.86. The van der Waals surface area contributed by atoms with Crippen molar-refractivity contribution in [3.8, 4) is 5.75 Å². The van der Waals surface area contributed by atoms with E-state index in [1.807, 2.05) is 13.8 Å². The third-order valence-corrected chi connectivity index (χ3v) is 2.70. The summed E-state index contributed by atoms with van der Waals surface area (Å²) in [5.41, 5.74) is 0.566. The summed E-state index contributed by atoms with van der Waals surface area (Å²) in [5, 5.41) is 14.0. The molecule has 0 saturated carbocycles. The molecule has 0 aliphatic rings. The van der Waals surface area contributed by atoms with Crippen LogP contribution in [0.4, 0.5) is 10.5 Å². The highest BCUT2D eigenvalue weighted by Gasteiger charge is 2.23. The summed E-state index contributed by atoms with van der Waals surface area (Å²) in [6, 6.07) is 5.41. The van der Waals surface area contributed by atoms with Crippen LogP contribution in [-0.2, 0) is 4.79 Å². The molecule has 1 unspecified atom stereocenters. The number of ether oxygens (including phenoxy) is 1. The fourth-order valence-corrected chi connectivity index (χ4v) is 1.71. The summed E-state index contributed by atoms with van der Waals surface area (Å²) in [7, 11) is 0. The molecule has 0 spiro atoms. The predicted octanol–water partition coefficient (Wildman–Crippen LogP) is 2.70. The Labute approximate surface area is 124 Å². The lowest BCUT2D eigenvalue weighted by Gasteiger charge is -2.18. The number of hydrogen-bond donors (Lipinski definition) is 3. The van der Waals surface area contributed by atoms with Crippen LogP contribution < -0.4 is 15.4 Å². The molecule has 0 saturated heterocycles. The number of amides is 2. The number of anilines is 1. The van der Waals surface area contributed by atoms with E-state index in [4.69, 9.17) is 9.84 Å². The van der Waals surface area contributed by atoms with Gasteiger partial charge in [-0.3, -0.25) is 0 Å². The SMILES string of the molecule is CC(C)Oc1ccc(NC(=O)NC(C(=O)O)C(C)C)cc1. The van der Waals surface area contributed by atoms with Gasteiger partial charge in [-0.2, -0.15) is 0 Å². The van der Waals surface area contributed by atoms with Crippen LogP contribution in [0.5, 0.6) is 5.75 Å². The maximum atomic E-state index is 11.8. The fraction of sp³-hybridized carbons (Fsp3) is 0.467. The van der Waals surface area contributed by atoms with E-state index < -0.39 is 18.0 Å². The molecule has 6 nitrogen and oxygen atoms in total. The van der Waals surface area contributed by atoms with E-state index in [-0.39, 0.29) is 12.0 Å². The maximum Gasteiger partial charge on any atom is 0.326 e. The van der Waals surface area contributed by atoms with Gasteiger partial charge >= 0.3 is 12.0 Å². The van der Waals surface area contributed by atoms with Crippen molar-refractivity contribution >= 4 is 17.7 Å². The molecule has 0 aliphatic carbocycles. The van der Waals surface area contributed by atoms with Crippen LogP contribution >= 0.6 is 0 Å². The summed E-state index contributed by atoms with van der Waals surface area (Å²) in [4.78, 5) is 22.8. The number of carboxylic acids is 1. The van der Waals surface area contributed by atoms with Crippen molar-refractivity contribution in [3.05, 3.63) is 24.3 Å². The van der Waals surface area contributed by atoms with Crippen molar-refractivity contribution in [1.29, 1.82) is 0 Å². The van der Waals surface area contributed by atoms with Gasteiger partial charge in [0.05, 0.1) is 6.10 Å². The minimum atomic E-state index is -1.05. The topological polar surface area (TPSA) is 87.7 Å². The van der Waals surface area contributed by atoms with Crippen molar-refractivity contribution in [3.63, 3.8) is 0 Å². The number of nitrogens with one attached hydrogen (secondary N) is 2. The van der Waals surface area contributed by atoms with Crippen LogP contribution in [0.25, 0.3) is 0 Å². The number of hydrogen-bond acceptors (Lipinski definition) is 3. The van der Waals surface area contributed by atoms with Crippen LogP contribution in [0.2, 0.25) is 0 Å². The molecule has 3 N–H and O–H groups in total. The normalized spacial score (nSPS) is 12.1. The fourth-order valence-electron chi connectivity index (χ4n) is 1.71. The van der Waals surface area contributed by atoms with E-state index in [9.17, 15) is 9.59 Å². The van der Waals surface area contributed by atoms with Crippen molar-refractivity contribution in [2.75, 3.05) is 5.32 Å². The zero-order valence-electron chi connectivity index (χ0n) is 12.7. The molecular weight excluding hydrogens is 272 g/mol. The highest BCUT2D eigenvalue weighted by Crippen LogP contribution is 2.16. The predicted molar refractivity (Wildman–Crippen MR) is 80.6 cm³/mol. The molecular formula is C15H22N2O4. The Morgan fingerprint density at radius 3 is 2.10 bits per heavy atom. The van der Waals surface area contributed by atoms with Crippen molar-refractivity contribution in [1.82, 2.24) is 5.32 Å². The van der Waals surface area contributed by atoms with E-state index in [0.29, 0.717) is 11.4 Å². The van der Waals surface area contributed by atoms with Gasteiger partial charge in [-0.25, -0.2) is 9.59 Å². The van der Waals surface area contributed by atoms with E-state index in [0.717, 1.165) is 0 Å². The van der Waals surface area contributed by atoms with Gasteiger partial charge in [-0.1, -0.05) is 13.8 Å².